The van der Waals surface area contributed by atoms with Gasteiger partial charge < -0.3 is 10.4 Å². The molecule has 0 fully saturated rings. The van der Waals surface area contributed by atoms with Crippen LogP contribution in [-0.4, -0.2) is 18.3 Å². The van der Waals surface area contributed by atoms with Crippen LogP contribution in [0.2, 0.25) is 0 Å². The lowest BCUT2D eigenvalue weighted by atomic mass is 10.0. The van der Waals surface area contributed by atoms with Gasteiger partial charge in [0.1, 0.15) is 0 Å². The molecule has 1 rings (SSSR count). The minimum absolute atomic E-state index is 0.326. The smallest absolute Gasteiger partial charge is 0.0431 e. The molecular weight excluding hydrogens is 210 g/mol. The Morgan fingerprint density at radius 1 is 1.12 bits per heavy atom. The third-order valence-corrected chi connectivity index (χ3v) is 3.19. The summed E-state index contributed by atoms with van der Waals surface area (Å²) < 4.78 is 0. The lowest BCUT2D eigenvalue weighted by Gasteiger charge is -2.16. The molecule has 0 radical (unpaired) electrons. The van der Waals surface area contributed by atoms with Gasteiger partial charge in [0.25, 0.3) is 0 Å². The standard InChI is InChI=1S/C15H25NO/c1-13-9-5-6-10-15(13)14(2)16-11-7-3-4-8-12-17/h5-6,9-10,14,16-17H,3-4,7-8,11-12H2,1-2H3/t14-/m1/s1. The van der Waals surface area contributed by atoms with Crippen molar-refractivity contribution in [2.75, 3.05) is 13.2 Å². The first-order chi connectivity index (χ1) is 8.25. The third-order valence-electron chi connectivity index (χ3n) is 3.19. The van der Waals surface area contributed by atoms with Gasteiger partial charge in [0.15, 0.2) is 0 Å². The normalized spacial score (nSPS) is 12.6. The maximum absolute atomic E-state index is 8.67. The Morgan fingerprint density at radius 2 is 1.82 bits per heavy atom. The summed E-state index contributed by atoms with van der Waals surface area (Å²) in [5, 5.41) is 12.2. The van der Waals surface area contributed by atoms with Crippen molar-refractivity contribution in [2.24, 2.45) is 0 Å². The highest BCUT2D eigenvalue weighted by molar-refractivity contribution is 5.28. The first kappa shape index (κ1) is 14.2. The molecule has 0 heterocycles. The molecule has 0 aliphatic rings. The average molecular weight is 235 g/mol. The molecule has 17 heavy (non-hydrogen) atoms. The maximum atomic E-state index is 8.67. The Kier molecular flexibility index (Phi) is 6.90. The van der Waals surface area contributed by atoms with Crippen LogP contribution in [0.5, 0.6) is 0 Å². The Labute approximate surface area is 105 Å². The van der Waals surface area contributed by atoms with Crippen molar-refractivity contribution in [3.63, 3.8) is 0 Å². The summed E-state index contributed by atoms with van der Waals surface area (Å²) in [5.74, 6) is 0. The summed E-state index contributed by atoms with van der Waals surface area (Å²) in [6.07, 6.45) is 4.47. The molecule has 0 spiro atoms. The van der Waals surface area contributed by atoms with Crippen LogP contribution in [0.1, 0.15) is 49.8 Å². The molecule has 0 saturated carbocycles. The maximum Gasteiger partial charge on any atom is 0.0431 e. The number of aliphatic hydroxyl groups is 1. The van der Waals surface area contributed by atoms with E-state index in [1.165, 1.54) is 24.0 Å². The fourth-order valence-electron chi connectivity index (χ4n) is 2.09. The van der Waals surface area contributed by atoms with Crippen LogP contribution in [0.25, 0.3) is 0 Å². The van der Waals surface area contributed by atoms with Crippen LogP contribution in [0.4, 0.5) is 0 Å². The van der Waals surface area contributed by atoms with E-state index in [1.807, 2.05) is 0 Å². The fraction of sp³-hybridized carbons (Fsp3) is 0.600. The van der Waals surface area contributed by atoms with E-state index in [1.54, 1.807) is 0 Å². The fourth-order valence-corrected chi connectivity index (χ4v) is 2.09. The molecule has 2 heteroatoms. The van der Waals surface area contributed by atoms with Crippen LogP contribution < -0.4 is 5.32 Å². The highest BCUT2D eigenvalue weighted by atomic mass is 16.2. The molecule has 0 amide bonds. The van der Waals surface area contributed by atoms with Crippen LogP contribution >= 0.6 is 0 Å². The van der Waals surface area contributed by atoms with Gasteiger partial charge in [0.05, 0.1) is 0 Å². The molecule has 0 aliphatic carbocycles. The van der Waals surface area contributed by atoms with Crippen molar-refractivity contribution >= 4 is 0 Å². The molecule has 0 bridgehead atoms. The van der Waals surface area contributed by atoms with Gasteiger partial charge in [-0.05, 0) is 44.4 Å². The number of aliphatic hydroxyl groups excluding tert-OH is 1. The molecule has 2 N–H and O–H groups in total. The van der Waals surface area contributed by atoms with E-state index >= 15 is 0 Å². The molecule has 96 valence electrons. The summed E-state index contributed by atoms with van der Waals surface area (Å²) >= 11 is 0. The highest BCUT2D eigenvalue weighted by Gasteiger charge is 2.05. The summed E-state index contributed by atoms with van der Waals surface area (Å²) in [6.45, 7) is 5.76. The Hall–Kier alpha value is -0.860. The quantitative estimate of drug-likeness (QED) is 0.678. The number of aryl methyl sites for hydroxylation is 1. The Balaban J connectivity index is 2.21. The van der Waals surface area contributed by atoms with Gasteiger partial charge in [-0.15, -0.1) is 0 Å². The van der Waals surface area contributed by atoms with Gasteiger partial charge in [0.2, 0.25) is 0 Å². The van der Waals surface area contributed by atoms with Gasteiger partial charge in [0, 0.05) is 12.6 Å². The second-order valence-corrected chi connectivity index (χ2v) is 4.67. The topological polar surface area (TPSA) is 32.3 Å². The second-order valence-electron chi connectivity index (χ2n) is 4.67. The molecule has 2 nitrogen and oxygen atoms in total. The molecule has 0 aromatic heterocycles. The van der Waals surface area contributed by atoms with Crippen LogP contribution in [0.3, 0.4) is 0 Å². The van der Waals surface area contributed by atoms with Crippen LogP contribution in [-0.2, 0) is 0 Å². The van der Waals surface area contributed by atoms with E-state index in [-0.39, 0.29) is 0 Å². The van der Waals surface area contributed by atoms with Gasteiger partial charge in [-0.3, -0.25) is 0 Å². The number of rotatable bonds is 8. The predicted molar refractivity (Wildman–Crippen MR) is 73.2 cm³/mol. The van der Waals surface area contributed by atoms with Crippen molar-refractivity contribution in [1.82, 2.24) is 5.32 Å². The van der Waals surface area contributed by atoms with E-state index in [2.05, 4.69) is 43.4 Å². The van der Waals surface area contributed by atoms with E-state index in [0.717, 1.165) is 19.4 Å². The van der Waals surface area contributed by atoms with Crippen molar-refractivity contribution in [3.05, 3.63) is 35.4 Å². The van der Waals surface area contributed by atoms with E-state index in [9.17, 15) is 0 Å². The number of hydrogen-bond acceptors (Lipinski definition) is 2. The third kappa shape index (κ3) is 5.33. The molecule has 1 atom stereocenters. The number of benzene rings is 1. The largest absolute Gasteiger partial charge is 0.396 e. The molecule has 0 saturated heterocycles. The minimum Gasteiger partial charge on any atom is -0.396 e. The lowest BCUT2D eigenvalue weighted by Crippen LogP contribution is -2.20. The number of unbranched alkanes of at least 4 members (excludes halogenated alkanes) is 3. The van der Waals surface area contributed by atoms with Crippen molar-refractivity contribution in [3.8, 4) is 0 Å². The highest BCUT2D eigenvalue weighted by Crippen LogP contribution is 2.16. The van der Waals surface area contributed by atoms with Crippen LogP contribution in [0.15, 0.2) is 24.3 Å². The number of hydrogen-bond donors (Lipinski definition) is 2. The molecular formula is C15H25NO. The molecule has 0 unspecified atom stereocenters. The van der Waals surface area contributed by atoms with Crippen molar-refractivity contribution in [2.45, 2.75) is 45.6 Å². The Bertz CT molecular complexity index is 312. The Morgan fingerprint density at radius 3 is 2.53 bits per heavy atom. The monoisotopic (exact) mass is 235 g/mol. The van der Waals surface area contributed by atoms with E-state index < -0.39 is 0 Å². The second kappa shape index (κ2) is 8.26. The van der Waals surface area contributed by atoms with Crippen molar-refractivity contribution < 1.29 is 5.11 Å². The summed E-state index contributed by atoms with van der Waals surface area (Å²) in [5.41, 5.74) is 2.75. The van der Waals surface area contributed by atoms with Gasteiger partial charge >= 0.3 is 0 Å². The van der Waals surface area contributed by atoms with Gasteiger partial charge in [-0.25, -0.2) is 0 Å². The first-order valence-electron chi connectivity index (χ1n) is 6.65. The molecule has 1 aromatic rings. The SMILES string of the molecule is Cc1ccccc1[C@@H](C)NCCCCCCO. The zero-order valence-electron chi connectivity index (χ0n) is 11.1. The summed E-state index contributed by atoms with van der Waals surface area (Å²) in [7, 11) is 0. The van der Waals surface area contributed by atoms with Crippen LogP contribution in [0, 0.1) is 6.92 Å². The van der Waals surface area contributed by atoms with Crippen molar-refractivity contribution in [1.29, 1.82) is 0 Å². The minimum atomic E-state index is 0.326. The van der Waals surface area contributed by atoms with E-state index in [4.69, 9.17) is 5.11 Å². The average Bonchev–Trinajstić information content (AvgIpc) is 2.34. The van der Waals surface area contributed by atoms with Gasteiger partial charge in [-0.1, -0.05) is 37.1 Å². The van der Waals surface area contributed by atoms with Gasteiger partial charge in [-0.2, -0.15) is 0 Å². The predicted octanol–water partition coefficient (Wildman–Crippen LogP) is 3.20. The lowest BCUT2D eigenvalue weighted by molar-refractivity contribution is 0.282. The first-order valence-corrected chi connectivity index (χ1v) is 6.65. The molecule has 1 aromatic carbocycles. The molecule has 0 aliphatic heterocycles. The zero-order valence-corrected chi connectivity index (χ0v) is 11.1. The zero-order chi connectivity index (χ0) is 12.5. The number of nitrogens with one attached hydrogen (secondary N) is 1. The summed E-state index contributed by atoms with van der Waals surface area (Å²) in [6, 6.07) is 8.96. The summed E-state index contributed by atoms with van der Waals surface area (Å²) in [4.78, 5) is 0. The van der Waals surface area contributed by atoms with E-state index in [0.29, 0.717) is 12.6 Å².